The van der Waals surface area contributed by atoms with Crippen molar-refractivity contribution >= 4 is 22.9 Å². The summed E-state index contributed by atoms with van der Waals surface area (Å²) in [4.78, 5) is 6.78. The van der Waals surface area contributed by atoms with E-state index in [0.29, 0.717) is 6.54 Å². The topological polar surface area (TPSA) is 42.1 Å². The van der Waals surface area contributed by atoms with E-state index in [1.807, 2.05) is 18.2 Å². The van der Waals surface area contributed by atoms with Crippen molar-refractivity contribution in [1.82, 2.24) is 9.88 Å². The van der Waals surface area contributed by atoms with E-state index in [1.165, 1.54) is 0 Å². The van der Waals surface area contributed by atoms with Crippen molar-refractivity contribution in [2.45, 2.75) is 19.5 Å². The van der Waals surface area contributed by atoms with Crippen LogP contribution in [0.25, 0.3) is 0 Å². The Labute approximate surface area is 123 Å². The number of nitrogens with two attached hydrogens (primary N) is 1. The van der Waals surface area contributed by atoms with Gasteiger partial charge in [0.2, 0.25) is 0 Å². The van der Waals surface area contributed by atoms with Crippen molar-refractivity contribution in [3.63, 3.8) is 0 Å². The van der Waals surface area contributed by atoms with Gasteiger partial charge in [-0.3, -0.25) is 4.90 Å². The highest BCUT2D eigenvalue weighted by Crippen LogP contribution is 2.18. The molecule has 0 spiro atoms. The molecule has 0 aliphatic rings. The zero-order valence-corrected chi connectivity index (χ0v) is 12.5. The average Bonchev–Trinajstić information content (AvgIpc) is 2.80. The predicted octanol–water partition coefficient (Wildman–Crippen LogP) is 2.93. The Morgan fingerprint density at radius 3 is 2.84 bits per heavy atom. The van der Waals surface area contributed by atoms with E-state index in [1.54, 1.807) is 11.3 Å². The predicted molar refractivity (Wildman–Crippen MR) is 81.5 cm³/mol. The van der Waals surface area contributed by atoms with Crippen molar-refractivity contribution in [3.8, 4) is 0 Å². The monoisotopic (exact) mass is 295 g/mol. The number of halogens is 1. The lowest BCUT2D eigenvalue weighted by Crippen LogP contribution is -2.17. The number of nitrogens with zero attached hydrogens (tertiary/aromatic N) is 2. The fourth-order valence-corrected chi connectivity index (χ4v) is 2.91. The Kier molecular flexibility index (Phi) is 5.34. The highest BCUT2D eigenvalue weighted by atomic mass is 35.5. The third-order valence-electron chi connectivity index (χ3n) is 2.79. The number of rotatable bonds is 6. The van der Waals surface area contributed by atoms with Crippen molar-refractivity contribution in [2.24, 2.45) is 5.73 Å². The molecular weight excluding hydrogens is 278 g/mol. The van der Waals surface area contributed by atoms with Gasteiger partial charge in [-0.25, -0.2) is 4.98 Å². The van der Waals surface area contributed by atoms with Crippen LogP contribution < -0.4 is 5.73 Å². The van der Waals surface area contributed by atoms with Gasteiger partial charge >= 0.3 is 0 Å². The van der Waals surface area contributed by atoms with E-state index >= 15 is 0 Å². The summed E-state index contributed by atoms with van der Waals surface area (Å²) in [6.07, 6.45) is 0.860. The summed E-state index contributed by atoms with van der Waals surface area (Å²) in [5, 5.41) is 4.04. The Morgan fingerprint density at radius 1 is 1.32 bits per heavy atom. The Bertz CT molecular complexity index is 527. The molecule has 1 heterocycles. The first kappa shape index (κ1) is 14.5. The van der Waals surface area contributed by atoms with Crippen LogP contribution in [0.2, 0.25) is 5.02 Å². The van der Waals surface area contributed by atoms with Crippen molar-refractivity contribution in [1.29, 1.82) is 0 Å². The van der Waals surface area contributed by atoms with Gasteiger partial charge in [0.15, 0.2) is 0 Å². The lowest BCUT2D eigenvalue weighted by Gasteiger charge is -2.16. The lowest BCUT2D eigenvalue weighted by atomic mass is 10.2. The minimum atomic E-state index is 0.655. The van der Waals surface area contributed by atoms with Crippen molar-refractivity contribution < 1.29 is 0 Å². The number of aromatic nitrogens is 1. The maximum Gasteiger partial charge on any atom is 0.0941 e. The molecule has 2 N–H and O–H groups in total. The second kappa shape index (κ2) is 7.01. The van der Waals surface area contributed by atoms with Crippen LogP contribution in [0.15, 0.2) is 29.6 Å². The molecule has 2 rings (SSSR count). The molecule has 0 radical (unpaired) electrons. The lowest BCUT2D eigenvalue weighted by molar-refractivity contribution is 0.315. The minimum absolute atomic E-state index is 0.655. The molecule has 102 valence electrons. The fraction of sp³-hybridized carbons (Fsp3) is 0.357. The zero-order chi connectivity index (χ0) is 13.7. The molecule has 19 heavy (non-hydrogen) atoms. The molecular formula is C14H18ClN3S. The fourth-order valence-electron chi connectivity index (χ4n) is 1.91. The van der Waals surface area contributed by atoms with Gasteiger partial charge < -0.3 is 5.73 Å². The molecule has 0 aliphatic carbocycles. The van der Waals surface area contributed by atoms with Crippen LogP contribution in [-0.2, 0) is 19.5 Å². The van der Waals surface area contributed by atoms with Crippen LogP contribution in [0.5, 0.6) is 0 Å². The Balaban J connectivity index is 1.93. The number of benzene rings is 1. The number of hydrogen-bond acceptors (Lipinski definition) is 4. The van der Waals surface area contributed by atoms with Crippen LogP contribution in [0.4, 0.5) is 0 Å². The first-order valence-electron chi connectivity index (χ1n) is 6.24. The SMILES string of the molecule is CN(Cc1csc(CCN)n1)Cc1ccccc1Cl. The highest BCUT2D eigenvalue weighted by molar-refractivity contribution is 7.09. The van der Waals surface area contributed by atoms with Gasteiger partial charge in [-0.1, -0.05) is 29.8 Å². The molecule has 3 nitrogen and oxygen atoms in total. The summed E-state index contributed by atoms with van der Waals surface area (Å²) in [5.41, 5.74) is 7.77. The van der Waals surface area contributed by atoms with Gasteiger partial charge in [0.05, 0.1) is 10.7 Å². The van der Waals surface area contributed by atoms with E-state index in [2.05, 4.69) is 28.4 Å². The average molecular weight is 296 g/mol. The summed E-state index contributed by atoms with van der Waals surface area (Å²) in [6, 6.07) is 7.94. The molecule has 0 atom stereocenters. The molecule has 0 unspecified atom stereocenters. The second-order valence-corrected chi connectivity index (χ2v) is 5.88. The number of thiazole rings is 1. The summed E-state index contributed by atoms with van der Waals surface area (Å²) in [6.45, 7) is 2.30. The summed E-state index contributed by atoms with van der Waals surface area (Å²) in [7, 11) is 2.07. The van der Waals surface area contributed by atoms with Gasteiger partial charge in [0, 0.05) is 29.9 Å². The molecule has 0 saturated carbocycles. The summed E-state index contributed by atoms with van der Waals surface area (Å²) < 4.78 is 0. The summed E-state index contributed by atoms with van der Waals surface area (Å²) in [5.74, 6) is 0. The van der Waals surface area contributed by atoms with Crippen molar-refractivity contribution in [2.75, 3.05) is 13.6 Å². The van der Waals surface area contributed by atoms with E-state index in [0.717, 1.165) is 40.8 Å². The van der Waals surface area contributed by atoms with Gasteiger partial charge in [0.25, 0.3) is 0 Å². The Hall–Kier alpha value is -0.940. The highest BCUT2D eigenvalue weighted by Gasteiger charge is 2.07. The van der Waals surface area contributed by atoms with Gasteiger partial charge in [-0.05, 0) is 25.2 Å². The first-order valence-corrected chi connectivity index (χ1v) is 7.50. The minimum Gasteiger partial charge on any atom is -0.330 e. The van der Waals surface area contributed by atoms with Crippen LogP contribution >= 0.6 is 22.9 Å². The molecule has 0 amide bonds. The maximum atomic E-state index is 6.16. The van der Waals surface area contributed by atoms with Crippen LogP contribution in [-0.4, -0.2) is 23.5 Å². The zero-order valence-electron chi connectivity index (χ0n) is 11.0. The molecule has 0 aliphatic heterocycles. The van der Waals surface area contributed by atoms with Gasteiger partial charge in [0.1, 0.15) is 0 Å². The number of hydrogen-bond donors (Lipinski definition) is 1. The maximum absolute atomic E-state index is 6.16. The molecule has 0 bridgehead atoms. The quantitative estimate of drug-likeness (QED) is 0.891. The molecule has 1 aromatic heterocycles. The molecule has 0 fully saturated rings. The third-order valence-corrected chi connectivity index (χ3v) is 4.11. The molecule has 5 heteroatoms. The van der Waals surface area contributed by atoms with E-state index in [-0.39, 0.29) is 0 Å². The first-order chi connectivity index (χ1) is 9.19. The van der Waals surface area contributed by atoms with Crippen LogP contribution in [0, 0.1) is 0 Å². The van der Waals surface area contributed by atoms with Crippen LogP contribution in [0.3, 0.4) is 0 Å². The summed E-state index contributed by atoms with van der Waals surface area (Å²) >= 11 is 7.84. The second-order valence-electron chi connectivity index (χ2n) is 4.53. The normalized spacial score (nSPS) is 11.2. The molecule has 0 saturated heterocycles. The van der Waals surface area contributed by atoms with Gasteiger partial charge in [-0.15, -0.1) is 11.3 Å². The molecule has 2 aromatic rings. The largest absolute Gasteiger partial charge is 0.330 e. The van der Waals surface area contributed by atoms with Crippen molar-refractivity contribution in [3.05, 3.63) is 50.9 Å². The molecule has 1 aromatic carbocycles. The Morgan fingerprint density at radius 2 is 2.11 bits per heavy atom. The van der Waals surface area contributed by atoms with E-state index in [4.69, 9.17) is 17.3 Å². The third kappa shape index (κ3) is 4.28. The van der Waals surface area contributed by atoms with Crippen LogP contribution in [0.1, 0.15) is 16.3 Å². The van der Waals surface area contributed by atoms with Gasteiger partial charge in [-0.2, -0.15) is 0 Å². The van der Waals surface area contributed by atoms with E-state index in [9.17, 15) is 0 Å². The van der Waals surface area contributed by atoms with E-state index < -0.39 is 0 Å². The smallest absolute Gasteiger partial charge is 0.0941 e. The standard InChI is InChI=1S/C14H18ClN3S/c1-18(8-11-4-2-3-5-13(11)15)9-12-10-19-14(17-12)6-7-16/h2-5,10H,6-9,16H2,1H3.